The van der Waals surface area contributed by atoms with Crippen LogP contribution in [0.4, 0.5) is 0 Å². The number of hydrogen-bond donors (Lipinski definition) is 1. The van der Waals surface area contributed by atoms with Crippen LogP contribution < -0.4 is 0 Å². The summed E-state index contributed by atoms with van der Waals surface area (Å²) < 4.78 is 4.55. The van der Waals surface area contributed by atoms with Crippen molar-refractivity contribution >= 4 is 5.97 Å². The molecule has 1 aliphatic rings. The van der Waals surface area contributed by atoms with Gasteiger partial charge in [-0.1, -0.05) is 6.92 Å². The monoisotopic (exact) mass is 186 g/mol. The zero-order chi connectivity index (χ0) is 9.84. The van der Waals surface area contributed by atoms with Gasteiger partial charge in [-0.05, 0) is 31.1 Å². The minimum Gasteiger partial charge on any atom is -0.469 e. The number of aliphatic hydroxyl groups excluding tert-OH is 1. The Balaban J connectivity index is 2.26. The number of carbonyl (C=O) groups is 1. The number of ether oxygens (including phenoxy) is 1. The molecule has 0 bridgehead atoms. The summed E-state index contributed by atoms with van der Waals surface area (Å²) in [6.07, 6.45) is 3.10. The Morgan fingerprint density at radius 1 is 1.54 bits per heavy atom. The normalized spacial score (nSPS) is 33.3. The van der Waals surface area contributed by atoms with Crippen LogP contribution in [0, 0.1) is 11.8 Å². The molecule has 0 aliphatic heterocycles. The van der Waals surface area contributed by atoms with Gasteiger partial charge in [-0.3, -0.25) is 4.79 Å². The molecule has 3 heteroatoms. The fourth-order valence-electron chi connectivity index (χ4n) is 2.00. The van der Waals surface area contributed by atoms with Crippen LogP contribution in [0.15, 0.2) is 0 Å². The van der Waals surface area contributed by atoms with E-state index in [0.29, 0.717) is 18.3 Å². The van der Waals surface area contributed by atoms with Crippen LogP contribution >= 0.6 is 0 Å². The van der Waals surface area contributed by atoms with Gasteiger partial charge in [0.2, 0.25) is 0 Å². The lowest BCUT2D eigenvalue weighted by atomic mass is 9.97. The van der Waals surface area contributed by atoms with Crippen LogP contribution in [0.5, 0.6) is 0 Å². The fourth-order valence-corrected chi connectivity index (χ4v) is 2.00. The molecule has 3 nitrogen and oxygen atoms in total. The lowest BCUT2D eigenvalue weighted by Gasteiger charge is -2.15. The van der Waals surface area contributed by atoms with Crippen molar-refractivity contribution in [3.63, 3.8) is 0 Å². The summed E-state index contributed by atoms with van der Waals surface area (Å²) in [5, 5.41) is 9.69. The van der Waals surface area contributed by atoms with E-state index in [0.717, 1.165) is 19.3 Å². The second-order valence-corrected chi connectivity index (χ2v) is 3.92. The maximum atomic E-state index is 10.9. The predicted octanol–water partition coefficient (Wildman–Crippen LogP) is 1.35. The van der Waals surface area contributed by atoms with Crippen LogP contribution in [-0.4, -0.2) is 24.3 Å². The first kappa shape index (κ1) is 10.5. The number of aliphatic hydroxyl groups is 1. The SMILES string of the molecule is COC(=O)CC[C@@H]1CC[C@H](C)[C@H]1O. The van der Waals surface area contributed by atoms with Crippen molar-refractivity contribution in [1.29, 1.82) is 0 Å². The van der Waals surface area contributed by atoms with E-state index in [2.05, 4.69) is 11.7 Å². The van der Waals surface area contributed by atoms with Crippen molar-refractivity contribution < 1.29 is 14.6 Å². The van der Waals surface area contributed by atoms with Gasteiger partial charge in [-0.25, -0.2) is 0 Å². The van der Waals surface area contributed by atoms with Gasteiger partial charge < -0.3 is 9.84 Å². The molecule has 0 saturated heterocycles. The van der Waals surface area contributed by atoms with Crippen molar-refractivity contribution in [3.8, 4) is 0 Å². The summed E-state index contributed by atoms with van der Waals surface area (Å²) in [6.45, 7) is 2.06. The molecule has 0 amide bonds. The first-order valence-corrected chi connectivity index (χ1v) is 4.90. The first-order chi connectivity index (χ1) is 6.15. The Bertz CT molecular complexity index is 179. The van der Waals surface area contributed by atoms with E-state index in [1.807, 2.05) is 0 Å². The lowest BCUT2D eigenvalue weighted by molar-refractivity contribution is -0.141. The van der Waals surface area contributed by atoms with Crippen molar-refractivity contribution in [2.75, 3.05) is 7.11 Å². The van der Waals surface area contributed by atoms with E-state index in [1.165, 1.54) is 7.11 Å². The van der Waals surface area contributed by atoms with E-state index >= 15 is 0 Å². The molecule has 1 N–H and O–H groups in total. The molecule has 1 fully saturated rings. The highest BCUT2D eigenvalue weighted by Crippen LogP contribution is 2.33. The summed E-state index contributed by atoms with van der Waals surface area (Å²) in [6, 6.07) is 0. The highest BCUT2D eigenvalue weighted by molar-refractivity contribution is 5.69. The third kappa shape index (κ3) is 2.69. The molecule has 1 rings (SSSR count). The Labute approximate surface area is 79.1 Å². The zero-order valence-electron chi connectivity index (χ0n) is 8.32. The molecular formula is C10H18O3. The van der Waals surface area contributed by atoms with Crippen molar-refractivity contribution in [1.82, 2.24) is 0 Å². The molecule has 0 spiro atoms. The summed E-state index contributed by atoms with van der Waals surface area (Å²) in [5.41, 5.74) is 0. The summed E-state index contributed by atoms with van der Waals surface area (Å²) in [7, 11) is 1.40. The predicted molar refractivity (Wildman–Crippen MR) is 49.1 cm³/mol. The van der Waals surface area contributed by atoms with E-state index in [-0.39, 0.29) is 12.1 Å². The molecule has 0 radical (unpaired) electrons. The van der Waals surface area contributed by atoms with Gasteiger partial charge in [0.05, 0.1) is 13.2 Å². The maximum absolute atomic E-state index is 10.9. The van der Waals surface area contributed by atoms with Crippen molar-refractivity contribution in [2.45, 2.75) is 38.7 Å². The van der Waals surface area contributed by atoms with Gasteiger partial charge in [0.25, 0.3) is 0 Å². The third-order valence-electron chi connectivity index (χ3n) is 3.01. The van der Waals surface area contributed by atoms with Gasteiger partial charge in [-0.2, -0.15) is 0 Å². The molecule has 0 unspecified atom stereocenters. The number of rotatable bonds is 3. The van der Waals surface area contributed by atoms with Gasteiger partial charge in [-0.15, -0.1) is 0 Å². The molecular weight excluding hydrogens is 168 g/mol. The van der Waals surface area contributed by atoms with E-state index in [1.54, 1.807) is 0 Å². The smallest absolute Gasteiger partial charge is 0.305 e. The fraction of sp³-hybridized carbons (Fsp3) is 0.900. The second kappa shape index (κ2) is 4.61. The van der Waals surface area contributed by atoms with E-state index in [4.69, 9.17) is 0 Å². The number of hydrogen-bond acceptors (Lipinski definition) is 3. The Morgan fingerprint density at radius 3 is 2.69 bits per heavy atom. The average Bonchev–Trinajstić information content (AvgIpc) is 2.44. The van der Waals surface area contributed by atoms with Crippen LogP contribution in [0.2, 0.25) is 0 Å². The number of esters is 1. The maximum Gasteiger partial charge on any atom is 0.305 e. The molecule has 0 aromatic carbocycles. The largest absolute Gasteiger partial charge is 0.469 e. The molecule has 0 heterocycles. The Morgan fingerprint density at radius 2 is 2.23 bits per heavy atom. The average molecular weight is 186 g/mol. The minimum absolute atomic E-state index is 0.174. The van der Waals surface area contributed by atoms with Crippen LogP contribution in [0.3, 0.4) is 0 Å². The molecule has 76 valence electrons. The summed E-state index contributed by atoms with van der Waals surface area (Å²) in [4.78, 5) is 10.9. The van der Waals surface area contributed by atoms with Gasteiger partial charge in [0.15, 0.2) is 0 Å². The van der Waals surface area contributed by atoms with Gasteiger partial charge in [0.1, 0.15) is 0 Å². The van der Waals surface area contributed by atoms with Crippen LogP contribution in [0.25, 0.3) is 0 Å². The van der Waals surface area contributed by atoms with E-state index < -0.39 is 0 Å². The summed E-state index contributed by atoms with van der Waals surface area (Å²) >= 11 is 0. The minimum atomic E-state index is -0.218. The number of carbonyl (C=O) groups excluding carboxylic acids is 1. The standard InChI is InChI=1S/C10H18O3/c1-7-3-4-8(10(7)12)5-6-9(11)13-2/h7-8,10,12H,3-6H2,1-2H3/t7-,8-,10+/m0/s1. The Hall–Kier alpha value is -0.570. The second-order valence-electron chi connectivity index (χ2n) is 3.92. The molecule has 0 aromatic rings. The Kier molecular flexibility index (Phi) is 3.72. The molecule has 1 aliphatic carbocycles. The highest BCUT2D eigenvalue weighted by atomic mass is 16.5. The van der Waals surface area contributed by atoms with Crippen LogP contribution in [0.1, 0.15) is 32.6 Å². The highest BCUT2D eigenvalue weighted by Gasteiger charge is 2.31. The lowest BCUT2D eigenvalue weighted by Crippen LogP contribution is -2.19. The summed E-state index contributed by atoms with van der Waals surface area (Å²) in [5.74, 6) is 0.517. The van der Waals surface area contributed by atoms with E-state index in [9.17, 15) is 9.90 Å². The van der Waals surface area contributed by atoms with Crippen molar-refractivity contribution in [2.24, 2.45) is 11.8 Å². The molecule has 1 saturated carbocycles. The molecule has 3 atom stereocenters. The van der Waals surface area contributed by atoms with Gasteiger partial charge >= 0.3 is 5.97 Å². The number of methoxy groups -OCH3 is 1. The zero-order valence-corrected chi connectivity index (χ0v) is 8.32. The third-order valence-corrected chi connectivity index (χ3v) is 3.01. The molecule has 0 aromatic heterocycles. The first-order valence-electron chi connectivity index (χ1n) is 4.90. The quantitative estimate of drug-likeness (QED) is 0.677. The van der Waals surface area contributed by atoms with Crippen molar-refractivity contribution in [3.05, 3.63) is 0 Å². The van der Waals surface area contributed by atoms with Gasteiger partial charge in [0, 0.05) is 6.42 Å². The topological polar surface area (TPSA) is 46.5 Å². The van der Waals surface area contributed by atoms with Crippen LogP contribution in [-0.2, 0) is 9.53 Å². The molecule has 13 heavy (non-hydrogen) atoms.